The fourth-order valence-electron chi connectivity index (χ4n) is 9.48. The van der Waals surface area contributed by atoms with Crippen LogP contribution in [0, 0.1) is 0 Å². The number of esters is 1. The molecule has 0 spiro atoms. The SMILES string of the molecule is CCCCC/C=C\C/C=C\CCCCCCCCCCCC(=O)OCCCCCCCCCCCCCC/C=C\CCCCCCCCCCC(=O)NC(CO)C(O)/C=C/CCCCCCCCCCC. The maximum Gasteiger partial charge on any atom is 0.305 e. The van der Waals surface area contributed by atoms with Gasteiger partial charge in [-0.2, -0.15) is 0 Å². The number of ether oxygens (including phenoxy) is 1. The van der Waals surface area contributed by atoms with Gasteiger partial charge in [-0.05, 0) is 89.9 Å². The largest absolute Gasteiger partial charge is 0.466 e. The van der Waals surface area contributed by atoms with Crippen molar-refractivity contribution in [3.05, 3.63) is 48.6 Å². The van der Waals surface area contributed by atoms with E-state index in [1.54, 1.807) is 6.08 Å². The van der Waals surface area contributed by atoms with Gasteiger partial charge in [-0.15, -0.1) is 0 Å². The number of allylic oxidation sites excluding steroid dienone is 7. The van der Waals surface area contributed by atoms with E-state index >= 15 is 0 Å². The maximum absolute atomic E-state index is 12.4. The molecule has 6 heteroatoms. The third kappa shape index (κ3) is 57.0. The van der Waals surface area contributed by atoms with Gasteiger partial charge in [0.25, 0.3) is 0 Å². The molecule has 0 heterocycles. The molecule has 0 aliphatic heterocycles. The molecule has 0 aliphatic rings. The lowest BCUT2D eigenvalue weighted by atomic mass is 10.0. The van der Waals surface area contributed by atoms with E-state index in [4.69, 9.17) is 4.74 Å². The molecule has 416 valence electrons. The second-order valence-corrected chi connectivity index (χ2v) is 21.4. The van der Waals surface area contributed by atoms with E-state index < -0.39 is 12.1 Å². The Labute approximate surface area is 442 Å². The first-order valence-electron chi connectivity index (χ1n) is 31.4. The molecule has 0 aromatic rings. The van der Waals surface area contributed by atoms with Gasteiger partial charge in [0.05, 0.1) is 25.4 Å². The summed E-state index contributed by atoms with van der Waals surface area (Å²) in [5.41, 5.74) is 0. The Morgan fingerprint density at radius 2 is 0.704 bits per heavy atom. The topological polar surface area (TPSA) is 95.9 Å². The van der Waals surface area contributed by atoms with Crippen molar-refractivity contribution in [2.45, 2.75) is 341 Å². The van der Waals surface area contributed by atoms with E-state index in [1.807, 2.05) is 6.08 Å². The van der Waals surface area contributed by atoms with Crippen molar-refractivity contribution in [1.29, 1.82) is 0 Å². The number of unbranched alkanes of at least 4 members (excludes halogenated alkanes) is 41. The highest BCUT2D eigenvalue weighted by Crippen LogP contribution is 2.17. The minimum Gasteiger partial charge on any atom is -0.466 e. The normalized spacial score (nSPS) is 12.9. The lowest BCUT2D eigenvalue weighted by Gasteiger charge is -2.20. The van der Waals surface area contributed by atoms with Crippen LogP contribution in [-0.2, 0) is 14.3 Å². The molecule has 0 bridgehead atoms. The van der Waals surface area contributed by atoms with Crippen molar-refractivity contribution in [2.24, 2.45) is 0 Å². The van der Waals surface area contributed by atoms with E-state index in [9.17, 15) is 19.8 Å². The highest BCUT2D eigenvalue weighted by molar-refractivity contribution is 5.76. The van der Waals surface area contributed by atoms with Crippen molar-refractivity contribution < 1.29 is 24.5 Å². The summed E-state index contributed by atoms with van der Waals surface area (Å²) in [5.74, 6) is -0.0659. The van der Waals surface area contributed by atoms with Crippen LogP contribution in [0.25, 0.3) is 0 Å². The number of carbonyl (C=O) groups excluding carboxylic acids is 2. The molecular formula is C65H121NO5. The summed E-state index contributed by atoms with van der Waals surface area (Å²) >= 11 is 0. The molecule has 1 amide bonds. The van der Waals surface area contributed by atoms with Crippen LogP contribution in [0.1, 0.15) is 328 Å². The number of rotatable bonds is 58. The van der Waals surface area contributed by atoms with Crippen LogP contribution in [0.3, 0.4) is 0 Å². The first kappa shape index (κ1) is 68.8. The van der Waals surface area contributed by atoms with Crippen LogP contribution in [0.4, 0.5) is 0 Å². The molecule has 0 rings (SSSR count). The average Bonchev–Trinajstić information content (AvgIpc) is 3.37. The number of hydrogen-bond acceptors (Lipinski definition) is 5. The van der Waals surface area contributed by atoms with Crippen molar-refractivity contribution in [3.8, 4) is 0 Å². The highest BCUT2D eigenvalue weighted by atomic mass is 16.5. The van der Waals surface area contributed by atoms with Crippen LogP contribution in [-0.4, -0.2) is 47.4 Å². The maximum atomic E-state index is 12.4. The molecule has 71 heavy (non-hydrogen) atoms. The predicted molar refractivity (Wildman–Crippen MR) is 310 cm³/mol. The molecule has 0 aromatic carbocycles. The lowest BCUT2D eigenvalue weighted by Crippen LogP contribution is -2.45. The molecule has 0 fully saturated rings. The fourth-order valence-corrected chi connectivity index (χ4v) is 9.48. The van der Waals surface area contributed by atoms with E-state index in [0.29, 0.717) is 19.4 Å². The van der Waals surface area contributed by atoms with Gasteiger partial charge < -0.3 is 20.3 Å². The number of aliphatic hydroxyl groups is 2. The number of aliphatic hydroxyl groups excluding tert-OH is 2. The van der Waals surface area contributed by atoms with E-state index in [1.165, 1.54) is 250 Å². The monoisotopic (exact) mass is 996 g/mol. The van der Waals surface area contributed by atoms with Gasteiger partial charge in [0.2, 0.25) is 5.91 Å². The third-order valence-electron chi connectivity index (χ3n) is 14.3. The van der Waals surface area contributed by atoms with Gasteiger partial charge in [0.15, 0.2) is 0 Å². The van der Waals surface area contributed by atoms with Gasteiger partial charge in [0, 0.05) is 12.8 Å². The van der Waals surface area contributed by atoms with Crippen LogP contribution < -0.4 is 5.32 Å². The van der Waals surface area contributed by atoms with Gasteiger partial charge in [-0.1, -0.05) is 274 Å². The molecule has 0 aromatic heterocycles. The summed E-state index contributed by atoms with van der Waals surface area (Å²) < 4.78 is 5.50. The van der Waals surface area contributed by atoms with Crippen LogP contribution in [0.2, 0.25) is 0 Å². The smallest absolute Gasteiger partial charge is 0.305 e. The Balaban J connectivity index is 3.39. The molecule has 3 N–H and O–H groups in total. The molecule has 6 nitrogen and oxygen atoms in total. The zero-order chi connectivity index (χ0) is 51.4. The average molecular weight is 997 g/mol. The van der Waals surface area contributed by atoms with Crippen molar-refractivity contribution in [3.63, 3.8) is 0 Å². The Morgan fingerprint density at radius 3 is 1.11 bits per heavy atom. The Hall–Kier alpha value is -2.18. The van der Waals surface area contributed by atoms with E-state index in [0.717, 1.165) is 51.4 Å². The van der Waals surface area contributed by atoms with E-state index in [2.05, 4.69) is 55.6 Å². The number of carbonyl (C=O) groups is 2. The van der Waals surface area contributed by atoms with Crippen molar-refractivity contribution >= 4 is 11.9 Å². The Kier molecular flexibility index (Phi) is 58.5. The second kappa shape index (κ2) is 60.4. The molecular weight excluding hydrogens is 875 g/mol. The molecule has 2 atom stereocenters. The highest BCUT2D eigenvalue weighted by Gasteiger charge is 2.18. The quantitative estimate of drug-likeness (QED) is 0.0321. The lowest BCUT2D eigenvalue weighted by molar-refractivity contribution is -0.143. The molecule has 0 aliphatic carbocycles. The summed E-state index contributed by atoms with van der Waals surface area (Å²) in [6, 6.07) is -0.630. The molecule has 0 radical (unpaired) electrons. The predicted octanol–water partition coefficient (Wildman–Crippen LogP) is 19.7. The number of hydrogen-bond donors (Lipinski definition) is 3. The van der Waals surface area contributed by atoms with Gasteiger partial charge in [-0.3, -0.25) is 9.59 Å². The fraction of sp³-hybridized carbons (Fsp3) is 0.846. The molecule has 0 saturated carbocycles. The third-order valence-corrected chi connectivity index (χ3v) is 14.3. The summed E-state index contributed by atoms with van der Waals surface area (Å²) in [5, 5.41) is 23.0. The minimum absolute atomic E-state index is 0.00791. The first-order chi connectivity index (χ1) is 35.0. The van der Waals surface area contributed by atoms with Crippen LogP contribution in [0.5, 0.6) is 0 Å². The van der Waals surface area contributed by atoms with Crippen molar-refractivity contribution in [2.75, 3.05) is 13.2 Å². The summed E-state index contributed by atoms with van der Waals surface area (Å²) in [6.45, 7) is 4.87. The summed E-state index contributed by atoms with van der Waals surface area (Å²) in [6.07, 6.45) is 77.3. The molecule has 2 unspecified atom stereocenters. The number of amides is 1. The second-order valence-electron chi connectivity index (χ2n) is 21.4. The van der Waals surface area contributed by atoms with E-state index in [-0.39, 0.29) is 18.5 Å². The van der Waals surface area contributed by atoms with Gasteiger partial charge in [-0.25, -0.2) is 0 Å². The van der Waals surface area contributed by atoms with Crippen molar-refractivity contribution in [1.82, 2.24) is 5.32 Å². The van der Waals surface area contributed by atoms with Crippen LogP contribution >= 0.6 is 0 Å². The summed E-state index contributed by atoms with van der Waals surface area (Å²) in [7, 11) is 0. The van der Waals surface area contributed by atoms with Crippen LogP contribution in [0.15, 0.2) is 48.6 Å². The zero-order valence-corrected chi connectivity index (χ0v) is 47.5. The van der Waals surface area contributed by atoms with Gasteiger partial charge >= 0.3 is 5.97 Å². The summed E-state index contributed by atoms with van der Waals surface area (Å²) in [4.78, 5) is 24.5. The standard InChI is InChI=1S/C65H121NO5/c1-3-5-7-9-11-13-15-16-17-18-25-29-32-35-39-43-47-51-55-59-65(70)71-60-56-52-48-44-40-36-33-30-27-24-22-20-19-21-23-26-28-31-34-38-42-46-50-54-58-64(69)66-62(61-67)63(68)57-53-49-45-41-37-14-12-10-8-6-4-2/h11,13,16-17,21,23,53,57,62-63,67-68H,3-10,12,14-15,18-20,22,24-52,54-56,58-61H2,1-2H3,(H,66,69)/b13-11-,17-16-,23-21-,57-53+. The zero-order valence-electron chi connectivity index (χ0n) is 47.5. The number of nitrogens with one attached hydrogen (secondary N) is 1. The Bertz CT molecular complexity index is 1190. The Morgan fingerprint density at radius 1 is 0.394 bits per heavy atom. The molecule has 0 saturated heterocycles. The van der Waals surface area contributed by atoms with Gasteiger partial charge in [0.1, 0.15) is 0 Å². The minimum atomic E-state index is -0.846. The first-order valence-corrected chi connectivity index (χ1v) is 31.4.